The molecule has 2 aromatic rings. The number of amides is 1. The quantitative estimate of drug-likeness (QED) is 0.725. The zero-order valence-corrected chi connectivity index (χ0v) is 18.0. The van der Waals surface area contributed by atoms with E-state index in [1.807, 2.05) is 12.1 Å². The molecule has 7 heteroatoms. The molecule has 158 valence electrons. The van der Waals surface area contributed by atoms with Crippen LogP contribution in [0.5, 0.6) is 0 Å². The third-order valence-electron chi connectivity index (χ3n) is 5.85. The van der Waals surface area contributed by atoms with E-state index >= 15 is 0 Å². The minimum Gasteiger partial charge on any atom is -0.462 e. The molecule has 0 spiro atoms. The van der Waals surface area contributed by atoms with Gasteiger partial charge >= 0.3 is 11.9 Å². The molecule has 30 heavy (non-hydrogen) atoms. The number of hydrogen-bond donors (Lipinski definition) is 1. The summed E-state index contributed by atoms with van der Waals surface area (Å²) in [6.07, 6.45) is 3.21. The molecule has 1 aromatic heterocycles. The highest BCUT2D eigenvalue weighted by molar-refractivity contribution is 7.17. The van der Waals surface area contributed by atoms with Crippen molar-refractivity contribution >= 4 is 34.2 Å². The number of carbonyl (C=O) groups excluding carboxylic acids is 3. The first kappa shape index (κ1) is 20.6. The summed E-state index contributed by atoms with van der Waals surface area (Å²) in [6, 6.07) is 7.13. The van der Waals surface area contributed by atoms with Crippen molar-refractivity contribution in [2.45, 2.75) is 52.1 Å². The van der Waals surface area contributed by atoms with Crippen molar-refractivity contribution in [1.29, 1.82) is 0 Å². The number of carbonyl (C=O) groups is 3. The topological polar surface area (TPSA) is 81.7 Å². The lowest BCUT2D eigenvalue weighted by molar-refractivity contribution is -0.125. The van der Waals surface area contributed by atoms with Crippen LogP contribution in [0.15, 0.2) is 24.3 Å². The second-order valence-electron chi connectivity index (χ2n) is 7.69. The van der Waals surface area contributed by atoms with Gasteiger partial charge in [0.05, 0.1) is 17.7 Å². The molecule has 2 heterocycles. The van der Waals surface area contributed by atoms with Gasteiger partial charge in [0, 0.05) is 11.3 Å². The lowest BCUT2D eigenvalue weighted by Gasteiger charge is -2.23. The molecule has 0 unspecified atom stereocenters. The monoisotopic (exact) mass is 427 g/mol. The van der Waals surface area contributed by atoms with E-state index in [-0.39, 0.29) is 6.61 Å². The number of benzene rings is 1. The SMILES string of the molecule is CCOC(=O)c1c(NC(=O)[C@H]2Cc3ccccc3C(=O)O2)sc2c1CC[C@H](CC)C2. The van der Waals surface area contributed by atoms with Crippen molar-refractivity contribution in [1.82, 2.24) is 0 Å². The Hall–Kier alpha value is -2.67. The number of cyclic esters (lactones) is 1. The standard InChI is InChI=1S/C23H25NO5S/c1-3-13-9-10-16-18(11-13)30-21(19(16)23(27)28-4-2)24-20(25)17-12-14-7-5-6-8-15(14)22(26)29-17/h5-8,13,17H,3-4,9-12H2,1-2H3,(H,24,25)/t13-,17+/m0/s1. The number of hydrogen-bond acceptors (Lipinski definition) is 6. The Morgan fingerprint density at radius 1 is 1.23 bits per heavy atom. The van der Waals surface area contributed by atoms with Crippen LogP contribution in [0.4, 0.5) is 5.00 Å². The van der Waals surface area contributed by atoms with E-state index in [9.17, 15) is 14.4 Å². The largest absolute Gasteiger partial charge is 0.462 e. The summed E-state index contributed by atoms with van der Waals surface area (Å²) in [7, 11) is 0. The summed E-state index contributed by atoms with van der Waals surface area (Å²) < 4.78 is 10.6. The first-order valence-electron chi connectivity index (χ1n) is 10.4. The van der Waals surface area contributed by atoms with Gasteiger partial charge in [-0.2, -0.15) is 0 Å². The van der Waals surface area contributed by atoms with E-state index < -0.39 is 23.9 Å². The van der Waals surface area contributed by atoms with Gasteiger partial charge in [0.15, 0.2) is 6.10 Å². The highest BCUT2D eigenvalue weighted by Gasteiger charge is 2.34. The van der Waals surface area contributed by atoms with Crippen molar-refractivity contribution < 1.29 is 23.9 Å². The lowest BCUT2D eigenvalue weighted by atomic mass is 9.85. The molecular weight excluding hydrogens is 402 g/mol. The Balaban J connectivity index is 1.60. The van der Waals surface area contributed by atoms with Crippen LogP contribution < -0.4 is 5.32 Å². The summed E-state index contributed by atoms with van der Waals surface area (Å²) >= 11 is 1.44. The van der Waals surface area contributed by atoms with E-state index in [0.29, 0.717) is 28.5 Å². The van der Waals surface area contributed by atoms with Gasteiger partial charge < -0.3 is 14.8 Å². The molecule has 2 atom stereocenters. The van der Waals surface area contributed by atoms with Gasteiger partial charge in [-0.25, -0.2) is 9.59 Å². The normalized spacial score (nSPS) is 20.0. The van der Waals surface area contributed by atoms with E-state index in [0.717, 1.165) is 41.7 Å². The lowest BCUT2D eigenvalue weighted by Crippen LogP contribution is -2.38. The van der Waals surface area contributed by atoms with Crippen LogP contribution in [0.2, 0.25) is 0 Å². The second-order valence-corrected chi connectivity index (χ2v) is 8.80. The summed E-state index contributed by atoms with van der Waals surface area (Å²) in [5, 5.41) is 3.36. The van der Waals surface area contributed by atoms with Crippen LogP contribution in [0, 0.1) is 5.92 Å². The fraction of sp³-hybridized carbons (Fsp3) is 0.435. The van der Waals surface area contributed by atoms with Crippen LogP contribution >= 0.6 is 11.3 Å². The summed E-state index contributed by atoms with van der Waals surface area (Å²) in [6.45, 7) is 4.21. The molecule has 1 aliphatic heterocycles. The van der Waals surface area contributed by atoms with Crippen LogP contribution in [0.1, 0.15) is 63.4 Å². The van der Waals surface area contributed by atoms with Gasteiger partial charge in [0.1, 0.15) is 5.00 Å². The molecule has 1 aromatic carbocycles. The number of rotatable bonds is 5. The zero-order valence-electron chi connectivity index (χ0n) is 17.2. The molecule has 4 rings (SSSR count). The highest BCUT2D eigenvalue weighted by atomic mass is 32.1. The van der Waals surface area contributed by atoms with Crippen LogP contribution in [-0.2, 0) is 33.5 Å². The van der Waals surface area contributed by atoms with E-state index in [1.54, 1.807) is 19.1 Å². The number of esters is 2. The molecule has 0 fully saturated rings. The van der Waals surface area contributed by atoms with Crippen LogP contribution in [0.25, 0.3) is 0 Å². The Morgan fingerprint density at radius 3 is 2.80 bits per heavy atom. The summed E-state index contributed by atoms with van der Waals surface area (Å²) in [5.41, 5.74) is 2.73. The summed E-state index contributed by atoms with van der Waals surface area (Å²) in [4.78, 5) is 39.0. The van der Waals surface area contributed by atoms with E-state index in [2.05, 4.69) is 12.2 Å². The number of anilines is 1. The van der Waals surface area contributed by atoms with Gasteiger partial charge in [0.25, 0.3) is 5.91 Å². The first-order valence-corrected chi connectivity index (χ1v) is 11.2. The van der Waals surface area contributed by atoms with Gasteiger partial charge in [-0.3, -0.25) is 4.79 Å². The van der Waals surface area contributed by atoms with E-state index in [4.69, 9.17) is 9.47 Å². The van der Waals surface area contributed by atoms with Crippen LogP contribution in [0.3, 0.4) is 0 Å². The van der Waals surface area contributed by atoms with Crippen molar-refractivity contribution in [2.75, 3.05) is 11.9 Å². The molecule has 1 amide bonds. The van der Waals surface area contributed by atoms with Crippen molar-refractivity contribution in [3.63, 3.8) is 0 Å². The molecule has 0 radical (unpaired) electrons. The minimum absolute atomic E-state index is 0.269. The third-order valence-corrected chi connectivity index (χ3v) is 7.02. The summed E-state index contributed by atoms with van der Waals surface area (Å²) in [5.74, 6) is -0.746. The molecule has 1 aliphatic carbocycles. The Labute approximate surface area is 179 Å². The predicted molar refractivity (Wildman–Crippen MR) is 114 cm³/mol. The van der Waals surface area contributed by atoms with E-state index in [1.165, 1.54) is 11.3 Å². The number of fused-ring (bicyclic) bond motifs is 2. The molecule has 0 saturated heterocycles. The van der Waals surface area contributed by atoms with Gasteiger partial charge in [-0.05, 0) is 49.3 Å². The van der Waals surface area contributed by atoms with Crippen molar-refractivity contribution in [3.8, 4) is 0 Å². The Bertz CT molecular complexity index is 995. The fourth-order valence-electron chi connectivity index (χ4n) is 4.18. The predicted octanol–water partition coefficient (Wildman–Crippen LogP) is 4.16. The fourth-order valence-corrected chi connectivity index (χ4v) is 5.53. The Morgan fingerprint density at radius 2 is 2.03 bits per heavy atom. The molecular formula is C23H25NO5S. The average molecular weight is 428 g/mol. The average Bonchev–Trinajstić information content (AvgIpc) is 3.10. The number of ether oxygens (including phenoxy) is 2. The smallest absolute Gasteiger partial charge is 0.341 e. The zero-order chi connectivity index (χ0) is 21.3. The van der Waals surface area contributed by atoms with Crippen molar-refractivity contribution in [2.24, 2.45) is 5.92 Å². The van der Waals surface area contributed by atoms with Gasteiger partial charge in [-0.1, -0.05) is 31.5 Å². The Kier molecular flexibility index (Phi) is 5.90. The maximum Gasteiger partial charge on any atom is 0.341 e. The molecule has 2 aliphatic rings. The molecule has 0 bridgehead atoms. The van der Waals surface area contributed by atoms with Gasteiger partial charge in [-0.15, -0.1) is 11.3 Å². The number of thiophene rings is 1. The molecule has 6 nitrogen and oxygen atoms in total. The molecule has 1 N–H and O–H groups in total. The third kappa shape index (κ3) is 3.86. The minimum atomic E-state index is -0.926. The molecule has 0 saturated carbocycles. The maximum atomic E-state index is 13.0. The first-order chi connectivity index (χ1) is 14.5. The number of nitrogens with one attached hydrogen (secondary N) is 1. The maximum absolute atomic E-state index is 13.0. The highest BCUT2D eigenvalue weighted by Crippen LogP contribution is 2.41. The van der Waals surface area contributed by atoms with Crippen LogP contribution in [-0.4, -0.2) is 30.6 Å². The second kappa shape index (κ2) is 8.60. The van der Waals surface area contributed by atoms with Gasteiger partial charge in [0.2, 0.25) is 0 Å². The van der Waals surface area contributed by atoms with Crippen molar-refractivity contribution in [3.05, 3.63) is 51.4 Å².